The van der Waals surface area contributed by atoms with Gasteiger partial charge in [0.05, 0.1) is 21.9 Å². The lowest BCUT2D eigenvalue weighted by Gasteiger charge is -2.40. The van der Waals surface area contributed by atoms with Gasteiger partial charge in [-0.15, -0.1) is 0 Å². The highest BCUT2D eigenvalue weighted by Gasteiger charge is 2.31. The van der Waals surface area contributed by atoms with E-state index in [1.807, 2.05) is 0 Å². The van der Waals surface area contributed by atoms with Crippen molar-refractivity contribution in [2.24, 2.45) is 0 Å². The fraction of sp³-hybridized carbons (Fsp3) is 0.333. The minimum absolute atomic E-state index is 0.141. The van der Waals surface area contributed by atoms with E-state index in [9.17, 15) is 14.0 Å². The number of nitrogen functional groups attached to an aromatic ring is 1. The van der Waals surface area contributed by atoms with Crippen molar-refractivity contribution in [3.8, 4) is 11.3 Å². The quantitative estimate of drug-likeness (QED) is 0.390. The number of benzene rings is 2. The second-order valence-electron chi connectivity index (χ2n) is 10.0. The van der Waals surface area contributed by atoms with E-state index in [2.05, 4.69) is 32.4 Å². The van der Waals surface area contributed by atoms with E-state index in [0.717, 1.165) is 31.5 Å². The highest BCUT2D eigenvalue weighted by molar-refractivity contribution is 6.43. The van der Waals surface area contributed by atoms with E-state index in [1.54, 1.807) is 36.5 Å². The predicted octanol–water partition coefficient (Wildman–Crippen LogP) is 4.77. The zero-order valence-electron chi connectivity index (χ0n) is 21.3. The highest BCUT2D eigenvalue weighted by atomic mass is 35.5. The van der Waals surface area contributed by atoms with Gasteiger partial charge in [-0.2, -0.15) is 0 Å². The lowest BCUT2D eigenvalue weighted by molar-refractivity contribution is -0.120. The van der Waals surface area contributed by atoms with Gasteiger partial charge >= 0.3 is 6.03 Å². The van der Waals surface area contributed by atoms with Crippen LogP contribution >= 0.6 is 23.2 Å². The van der Waals surface area contributed by atoms with Gasteiger partial charge in [0.2, 0.25) is 5.91 Å². The van der Waals surface area contributed by atoms with E-state index in [4.69, 9.17) is 28.9 Å². The number of carbonyl (C=O) groups excluding carboxylic acids is 2. The third-order valence-electron chi connectivity index (χ3n) is 7.26. The summed E-state index contributed by atoms with van der Waals surface area (Å²) in [7, 11) is 0. The highest BCUT2D eigenvalue weighted by Crippen LogP contribution is 2.35. The Labute approximate surface area is 235 Å². The number of anilines is 3. The number of piperidine rings is 1. The smallest absolute Gasteiger partial charge is 0.328 e. The maximum atomic E-state index is 14.8. The van der Waals surface area contributed by atoms with Crippen LogP contribution in [0, 0.1) is 5.82 Å². The van der Waals surface area contributed by atoms with Gasteiger partial charge < -0.3 is 16.0 Å². The molecule has 5 rings (SSSR count). The molecule has 0 unspecified atom stereocenters. The van der Waals surface area contributed by atoms with Crippen LogP contribution in [0.4, 0.5) is 26.5 Å². The summed E-state index contributed by atoms with van der Waals surface area (Å²) < 4.78 is 14.8. The molecule has 2 fully saturated rings. The van der Waals surface area contributed by atoms with Gasteiger partial charge in [-0.1, -0.05) is 41.4 Å². The van der Waals surface area contributed by atoms with Crippen molar-refractivity contribution in [3.05, 3.63) is 64.0 Å². The molecule has 2 saturated heterocycles. The van der Waals surface area contributed by atoms with Gasteiger partial charge in [0.25, 0.3) is 0 Å². The maximum Gasteiger partial charge on any atom is 0.328 e. The number of hydrogen-bond donors (Lipinski definition) is 3. The second-order valence-corrected chi connectivity index (χ2v) is 10.8. The molecule has 2 aliphatic rings. The lowest BCUT2D eigenvalue weighted by atomic mass is 9.89. The van der Waals surface area contributed by atoms with Crippen LogP contribution in [0.2, 0.25) is 10.0 Å². The molecule has 204 valence electrons. The van der Waals surface area contributed by atoms with Gasteiger partial charge in [0, 0.05) is 43.7 Å². The Kier molecular flexibility index (Phi) is 7.61. The number of halogens is 3. The van der Waals surface area contributed by atoms with E-state index in [-0.39, 0.29) is 35.9 Å². The number of nitrogens with two attached hydrogens (primary N) is 1. The first-order chi connectivity index (χ1) is 18.6. The molecule has 4 N–H and O–H groups in total. The van der Waals surface area contributed by atoms with Crippen molar-refractivity contribution >= 4 is 52.5 Å². The Hall–Kier alpha value is -3.47. The number of hydrogen-bond acceptors (Lipinski definition) is 7. The average Bonchev–Trinajstić information content (AvgIpc) is 2.90. The van der Waals surface area contributed by atoms with Gasteiger partial charge in [-0.3, -0.25) is 15.0 Å². The number of urea groups is 1. The summed E-state index contributed by atoms with van der Waals surface area (Å²) in [6.45, 7) is 4.26. The van der Waals surface area contributed by atoms with Crippen molar-refractivity contribution in [3.63, 3.8) is 0 Å². The van der Waals surface area contributed by atoms with Crippen molar-refractivity contribution < 1.29 is 14.0 Å². The molecule has 0 atom stereocenters. The first-order valence-electron chi connectivity index (χ1n) is 12.6. The molecule has 0 bridgehead atoms. The van der Waals surface area contributed by atoms with E-state index < -0.39 is 11.8 Å². The first kappa shape index (κ1) is 27.1. The van der Waals surface area contributed by atoms with E-state index in [1.165, 1.54) is 11.0 Å². The van der Waals surface area contributed by atoms with Crippen LogP contribution in [0.15, 0.2) is 42.6 Å². The van der Waals surface area contributed by atoms with Crippen LogP contribution in [0.3, 0.4) is 0 Å². The van der Waals surface area contributed by atoms with Gasteiger partial charge in [-0.25, -0.2) is 19.2 Å². The number of rotatable bonds is 6. The van der Waals surface area contributed by atoms with Gasteiger partial charge in [-0.05, 0) is 43.5 Å². The molecule has 0 spiro atoms. The fourth-order valence-electron chi connectivity index (χ4n) is 4.84. The Morgan fingerprint density at radius 2 is 1.92 bits per heavy atom. The Balaban J connectivity index is 1.19. The molecular formula is C27H28Cl2FN7O2. The molecule has 39 heavy (non-hydrogen) atoms. The molecule has 3 heterocycles. The molecule has 2 aliphatic heterocycles. The van der Waals surface area contributed by atoms with Crippen LogP contribution in [-0.2, 0) is 11.3 Å². The molecule has 2 aromatic carbocycles. The predicted molar refractivity (Wildman–Crippen MR) is 150 cm³/mol. The molecule has 1 aromatic heterocycles. The molecule has 3 aromatic rings. The second kappa shape index (κ2) is 11.0. The van der Waals surface area contributed by atoms with E-state index >= 15 is 0 Å². The zero-order chi connectivity index (χ0) is 27.7. The van der Waals surface area contributed by atoms with Crippen LogP contribution < -0.4 is 26.2 Å². The Bertz CT molecular complexity index is 1430. The summed E-state index contributed by atoms with van der Waals surface area (Å²) in [5.74, 6) is 0.115. The minimum Gasteiger partial charge on any atom is -0.382 e. The standard InChI is InChI=1S/C27H28Cl2FN7O2/c1-27(33-14-16-5-6-20(19(30)13-16)37-10-7-22(38)35-26(37)39)8-11-36(12-9-27)21-15-32-24(25(31)34-21)17-3-2-4-18(28)23(17)29/h2-6,13,15,33H,7-12,14H2,1H3,(H2,31,34)(H,35,38,39). The third-order valence-corrected chi connectivity index (χ3v) is 8.08. The first-order valence-corrected chi connectivity index (χ1v) is 13.4. The van der Waals surface area contributed by atoms with Crippen LogP contribution in [-0.4, -0.2) is 47.1 Å². The van der Waals surface area contributed by atoms with Gasteiger partial charge in [0.15, 0.2) is 5.82 Å². The summed E-state index contributed by atoms with van der Waals surface area (Å²) in [6, 6.07) is 9.49. The molecule has 0 radical (unpaired) electrons. The summed E-state index contributed by atoms with van der Waals surface area (Å²) in [5.41, 5.74) is 8.13. The molecule has 9 nitrogen and oxygen atoms in total. The number of imide groups is 1. The molecule has 0 saturated carbocycles. The van der Waals surface area contributed by atoms with E-state index in [0.29, 0.717) is 33.7 Å². The lowest BCUT2D eigenvalue weighted by Crippen LogP contribution is -2.51. The molecule has 3 amide bonds. The number of nitrogens with zero attached hydrogens (tertiary/aromatic N) is 4. The number of aromatic nitrogens is 2. The summed E-state index contributed by atoms with van der Waals surface area (Å²) in [6.07, 6.45) is 3.50. The van der Waals surface area contributed by atoms with Crippen LogP contribution in [0.1, 0.15) is 31.7 Å². The minimum atomic E-state index is -0.607. The monoisotopic (exact) mass is 571 g/mol. The Morgan fingerprint density at radius 1 is 1.15 bits per heavy atom. The zero-order valence-corrected chi connectivity index (χ0v) is 22.8. The van der Waals surface area contributed by atoms with Crippen molar-refractivity contribution in [2.75, 3.05) is 35.2 Å². The number of amides is 3. The molecule has 12 heteroatoms. The van der Waals surface area contributed by atoms with Crippen molar-refractivity contribution in [1.29, 1.82) is 0 Å². The average molecular weight is 572 g/mol. The largest absolute Gasteiger partial charge is 0.382 e. The summed E-state index contributed by atoms with van der Waals surface area (Å²) in [5, 5.41) is 6.59. The number of carbonyl (C=O) groups is 2. The normalized spacial score (nSPS) is 17.3. The topological polar surface area (TPSA) is 116 Å². The Morgan fingerprint density at radius 3 is 2.62 bits per heavy atom. The molecule has 0 aliphatic carbocycles. The van der Waals surface area contributed by atoms with Crippen LogP contribution in [0.5, 0.6) is 0 Å². The summed E-state index contributed by atoms with van der Waals surface area (Å²) in [4.78, 5) is 35.9. The van der Waals surface area contributed by atoms with Crippen LogP contribution in [0.25, 0.3) is 11.3 Å². The maximum absolute atomic E-state index is 14.8. The van der Waals surface area contributed by atoms with Crippen molar-refractivity contribution in [1.82, 2.24) is 20.6 Å². The summed E-state index contributed by atoms with van der Waals surface area (Å²) >= 11 is 12.5. The third kappa shape index (κ3) is 5.78. The van der Waals surface area contributed by atoms with Crippen molar-refractivity contribution in [2.45, 2.75) is 38.3 Å². The van der Waals surface area contributed by atoms with Gasteiger partial charge in [0.1, 0.15) is 17.3 Å². The SMILES string of the molecule is CC1(NCc2ccc(N3CCC(=O)NC3=O)c(F)c2)CCN(c2cnc(-c3cccc(Cl)c3Cl)c(N)n2)CC1. The fourth-order valence-corrected chi connectivity index (χ4v) is 5.23. The number of nitrogens with one attached hydrogen (secondary N) is 2. The molecular weight excluding hydrogens is 544 g/mol.